The lowest BCUT2D eigenvalue weighted by atomic mass is 9.96. The van der Waals surface area contributed by atoms with E-state index in [9.17, 15) is 5.11 Å². The summed E-state index contributed by atoms with van der Waals surface area (Å²) in [6.07, 6.45) is 2.78. The minimum atomic E-state index is -0.510. The van der Waals surface area contributed by atoms with Gasteiger partial charge in [0.15, 0.2) is 11.5 Å². The van der Waals surface area contributed by atoms with Gasteiger partial charge in [-0.2, -0.15) is 0 Å². The first kappa shape index (κ1) is 24.4. The summed E-state index contributed by atoms with van der Waals surface area (Å²) >= 11 is 0. The van der Waals surface area contributed by atoms with Crippen molar-refractivity contribution < 1.29 is 5.11 Å². The van der Waals surface area contributed by atoms with Gasteiger partial charge in [-0.3, -0.25) is 9.80 Å². The summed E-state index contributed by atoms with van der Waals surface area (Å²) in [5.41, 5.74) is 4.11. The molecule has 1 atom stereocenters. The third-order valence-corrected chi connectivity index (χ3v) is 6.71. The van der Waals surface area contributed by atoms with E-state index >= 15 is 0 Å². The first-order chi connectivity index (χ1) is 17.6. The molecule has 0 saturated carbocycles. The molecule has 1 saturated heterocycles. The second-order valence-electron chi connectivity index (χ2n) is 9.80. The number of benzene rings is 2. The molecule has 1 unspecified atom stereocenters. The number of piperazine rings is 1. The van der Waals surface area contributed by atoms with Gasteiger partial charge in [0.2, 0.25) is 0 Å². The number of β-amino-alcohol motifs (C(OH)–C–C–N with tert-alkyl or cyclic N) is 1. The molecule has 3 heterocycles. The van der Waals surface area contributed by atoms with Crippen LogP contribution in [0, 0.1) is 0 Å². The molecule has 36 heavy (non-hydrogen) atoms. The van der Waals surface area contributed by atoms with Crippen molar-refractivity contribution in [1.29, 1.82) is 0 Å². The molecule has 0 amide bonds. The fraction of sp³-hybridized carbons (Fsp3) is 0.393. The van der Waals surface area contributed by atoms with Gasteiger partial charge in [0.1, 0.15) is 11.8 Å². The average molecular weight is 486 g/mol. The van der Waals surface area contributed by atoms with E-state index in [4.69, 9.17) is 0 Å². The monoisotopic (exact) mass is 485 g/mol. The molecule has 1 aliphatic heterocycles. The molecule has 1 aliphatic rings. The summed E-state index contributed by atoms with van der Waals surface area (Å²) < 4.78 is 1.92. The quantitative estimate of drug-likeness (QED) is 0.376. The maximum Gasteiger partial charge on any atom is 0.165 e. The number of aliphatic hydroxyl groups excluding tert-OH is 1. The van der Waals surface area contributed by atoms with E-state index < -0.39 is 6.10 Å². The Bertz CT molecular complexity index is 1200. The van der Waals surface area contributed by atoms with Gasteiger partial charge in [-0.1, -0.05) is 60.7 Å². The number of anilines is 1. The zero-order valence-electron chi connectivity index (χ0n) is 21.0. The van der Waals surface area contributed by atoms with Crippen LogP contribution in [0.3, 0.4) is 0 Å². The number of hydrogen-bond acceptors (Lipinski definition) is 7. The maximum absolute atomic E-state index is 10.9. The molecule has 1 fully saturated rings. The smallest absolute Gasteiger partial charge is 0.165 e. The highest BCUT2D eigenvalue weighted by Gasteiger charge is 2.27. The van der Waals surface area contributed by atoms with E-state index in [1.165, 1.54) is 11.1 Å². The van der Waals surface area contributed by atoms with Crippen molar-refractivity contribution in [2.24, 2.45) is 0 Å². The van der Waals surface area contributed by atoms with Crippen LogP contribution in [0.4, 0.5) is 5.82 Å². The maximum atomic E-state index is 10.9. The van der Waals surface area contributed by atoms with Crippen molar-refractivity contribution in [1.82, 2.24) is 29.3 Å². The molecule has 188 valence electrons. The largest absolute Gasteiger partial charge is 0.390 e. The summed E-state index contributed by atoms with van der Waals surface area (Å²) in [5, 5.41) is 14.2. The fourth-order valence-corrected chi connectivity index (χ4v) is 5.07. The van der Waals surface area contributed by atoms with Crippen molar-refractivity contribution in [2.75, 3.05) is 38.0 Å². The predicted molar refractivity (Wildman–Crippen MR) is 143 cm³/mol. The number of nitrogens with one attached hydrogen (secondary N) is 1. The van der Waals surface area contributed by atoms with Gasteiger partial charge in [-0.15, -0.1) is 0 Å². The number of imidazole rings is 1. The number of nitrogens with zero attached hydrogens (tertiary/aromatic N) is 6. The normalized spacial score (nSPS) is 16.1. The van der Waals surface area contributed by atoms with Crippen LogP contribution in [-0.2, 0) is 6.54 Å². The molecule has 5 rings (SSSR count). The zero-order valence-corrected chi connectivity index (χ0v) is 21.0. The topological polar surface area (TPSA) is 82.3 Å². The molecule has 0 aliphatic carbocycles. The summed E-state index contributed by atoms with van der Waals surface area (Å²) in [6, 6.07) is 22.0. The van der Waals surface area contributed by atoms with Gasteiger partial charge in [-0.25, -0.2) is 15.0 Å². The minimum Gasteiger partial charge on any atom is -0.390 e. The Morgan fingerprint density at radius 2 is 1.47 bits per heavy atom. The lowest BCUT2D eigenvalue weighted by molar-refractivity contribution is 0.0560. The average Bonchev–Trinajstić information content (AvgIpc) is 3.30. The van der Waals surface area contributed by atoms with Gasteiger partial charge < -0.3 is 15.0 Å². The Morgan fingerprint density at radius 1 is 0.833 bits per heavy atom. The third-order valence-electron chi connectivity index (χ3n) is 6.71. The van der Waals surface area contributed by atoms with Crippen molar-refractivity contribution >= 4 is 17.0 Å². The van der Waals surface area contributed by atoms with E-state index in [1.807, 2.05) is 4.57 Å². The molecular weight excluding hydrogens is 450 g/mol. The van der Waals surface area contributed by atoms with Crippen LogP contribution >= 0.6 is 0 Å². The lowest BCUT2D eigenvalue weighted by Crippen LogP contribution is -2.50. The molecule has 0 radical (unpaired) electrons. The van der Waals surface area contributed by atoms with Crippen molar-refractivity contribution in [3.05, 3.63) is 84.4 Å². The van der Waals surface area contributed by atoms with Crippen LogP contribution in [0.2, 0.25) is 0 Å². The summed E-state index contributed by atoms with van der Waals surface area (Å²) in [4.78, 5) is 18.1. The Balaban J connectivity index is 1.21. The van der Waals surface area contributed by atoms with E-state index in [2.05, 4.69) is 105 Å². The first-order valence-electron chi connectivity index (χ1n) is 12.7. The highest BCUT2D eigenvalue weighted by Crippen LogP contribution is 2.29. The Hall–Kier alpha value is -3.33. The fourth-order valence-electron chi connectivity index (χ4n) is 5.07. The molecule has 0 bridgehead atoms. The lowest BCUT2D eigenvalue weighted by Gasteiger charge is -2.40. The molecule has 8 nitrogen and oxygen atoms in total. The zero-order chi connectivity index (χ0) is 24.9. The van der Waals surface area contributed by atoms with Crippen LogP contribution in [0.15, 0.2) is 73.3 Å². The SMILES string of the molecule is CC(C)Nc1ncnc2c1ncn2CC(O)CN1CCN(C(c2ccccc2)c2ccccc2)CC1. The number of fused-ring (bicyclic) bond motifs is 1. The van der Waals surface area contributed by atoms with E-state index in [1.54, 1.807) is 12.7 Å². The number of aromatic nitrogens is 4. The summed E-state index contributed by atoms with van der Waals surface area (Å²) in [5.74, 6) is 0.728. The van der Waals surface area contributed by atoms with Gasteiger partial charge in [0, 0.05) is 38.8 Å². The van der Waals surface area contributed by atoms with Gasteiger partial charge in [0.05, 0.1) is 25.0 Å². The number of hydrogen-bond donors (Lipinski definition) is 2. The van der Waals surface area contributed by atoms with Crippen LogP contribution in [-0.4, -0.2) is 79.3 Å². The van der Waals surface area contributed by atoms with Gasteiger partial charge >= 0.3 is 0 Å². The summed E-state index contributed by atoms with van der Waals surface area (Å²) in [7, 11) is 0. The van der Waals surface area contributed by atoms with E-state index in [0.29, 0.717) is 13.1 Å². The van der Waals surface area contributed by atoms with Crippen LogP contribution in [0.5, 0.6) is 0 Å². The van der Waals surface area contributed by atoms with Crippen molar-refractivity contribution in [3.63, 3.8) is 0 Å². The summed E-state index contributed by atoms with van der Waals surface area (Å²) in [6.45, 7) is 8.94. The Labute approximate surface area is 212 Å². The molecule has 2 N–H and O–H groups in total. The van der Waals surface area contributed by atoms with Gasteiger partial charge in [-0.05, 0) is 25.0 Å². The van der Waals surface area contributed by atoms with E-state index in [0.717, 1.165) is 43.2 Å². The second-order valence-corrected chi connectivity index (χ2v) is 9.80. The minimum absolute atomic E-state index is 0.241. The van der Waals surface area contributed by atoms with Crippen LogP contribution in [0.1, 0.15) is 31.0 Å². The molecule has 4 aromatic rings. The Kier molecular flexibility index (Phi) is 7.55. The number of aliphatic hydroxyl groups is 1. The molecule has 2 aromatic heterocycles. The molecular formula is C28H35N7O. The highest BCUT2D eigenvalue weighted by atomic mass is 16.3. The first-order valence-corrected chi connectivity index (χ1v) is 12.7. The number of rotatable bonds is 9. The molecule has 0 spiro atoms. The van der Waals surface area contributed by atoms with Crippen LogP contribution < -0.4 is 5.32 Å². The third kappa shape index (κ3) is 5.56. The van der Waals surface area contributed by atoms with Gasteiger partial charge in [0.25, 0.3) is 0 Å². The predicted octanol–water partition coefficient (Wildman–Crippen LogP) is 3.41. The Morgan fingerprint density at radius 3 is 2.08 bits per heavy atom. The van der Waals surface area contributed by atoms with Crippen molar-refractivity contribution in [3.8, 4) is 0 Å². The van der Waals surface area contributed by atoms with Crippen molar-refractivity contribution in [2.45, 2.75) is 38.6 Å². The second kappa shape index (κ2) is 11.2. The molecule has 2 aromatic carbocycles. The standard InChI is InChI=1S/C28H35N7O/c1-21(2)32-27-25-28(30-19-29-27)35(20-31-25)18-24(36)17-33-13-15-34(16-14-33)26(22-9-5-3-6-10-22)23-11-7-4-8-12-23/h3-12,19-21,24,26,36H,13-18H2,1-2H3,(H,29,30,32). The molecule has 8 heteroatoms. The van der Waals surface area contributed by atoms with Crippen LogP contribution in [0.25, 0.3) is 11.2 Å². The highest BCUT2D eigenvalue weighted by molar-refractivity contribution is 5.82. The van der Waals surface area contributed by atoms with E-state index in [-0.39, 0.29) is 12.1 Å².